The molecule has 4 heterocycles. The molecule has 0 fully saturated rings. The molecule has 2 aromatic carbocycles. The van der Waals surface area contributed by atoms with Crippen molar-refractivity contribution in [1.29, 1.82) is 0 Å². The quantitative estimate of drug-likeness (QED) is 0.268. The van der Waals surface area contributed by atoms with Gasteiger partial charge in [0.1, 0.15) is 11.2 Å². The van der Waals surface area contributed by atoms with Crippen LogP contribution in [0.1, 0.15) is 21.5 Å². The van der Waals surface area contributed by atoms with Gasteiger partial charge in [-0.15, -0.1) is 0 Å². The fraction of sp³-hybridized carbons (Fsp3) is 0.0625. The monoisotopic (exact) mass is 547 g/mol. The second-order valence-electron chi connectivity index (χ2n) is 9.54. The van der Waals surface area contributed by atoms with Crippen LogP contribution in [0.3, 0.4) is 0 Å². The maximum Gasteiger partial charge on any atom is 0.263 e. The summed E-state index contributed by atoms with van der Waals surface area (Å²) in [5.41, 5.74) is 5.36. The Balaban J connectivity index is 1.20. The molecule has 0 aliphatic heterocycles. The summed E-state index contributed by atoms with van der Waals surface area (Å²) >= 11 is 0. The Bertz CT molecular complexity index is 1950. The zero-order valence-corrected chi connectivity index (χ0v) is 21.6. The van der Waals surface area contributed by atoms with Crippen LogP contribution >= 0.6 is 0 Å². The van der Waals surface area contributed by atoms with Crippen LogP contribution in [-0.2, 0) is 13.1 Å². The van der Waals surface area contributed by atoms with E-state index in [1.54, 1.807) is 18.5 Å². The first-order chi connectivity index (χ1) is 20.0. The Morgan fingerprint density at radius 1 is 0.878 bits per heavy atom. The molecule has 0 atom stereocenters. The normalized spacial score (nSPS) is 11.1. The average molecular weight is 548 g/mol. The number of halogens is 2. The second kappa shape index (κ2) is 11.0. The minimum absolute atomic E-state index is 0.00154. The number of nitrogens with zero attached hydrogens (tertiary/aromatic N) is 3. The van der Waals surface area contributed by atoms with Gasteiger partial charge in [-0.25, -0.2) is 13.8 Å². The Morgan fingerprint density at radius 2 is 1.73 bits per heavy atom. The zero-order valence-electron chi connectivity index (χ0n) is 21.6. The number of amides is 1. The summed E-state index contributed by atoms with van der Waals surface area (Å²) in [6, 6.07) is 20.2. The molecule has 41 heavy (non-hydrogen) atoms. The van der Waals surface area contributed by atoms with E-state index in [-0.39, 0.29) is 18.7 Å². The Labute approximate surface area is 233 Å². The number of aromatic nitrogens is 4. The summed E-state index contributed by atoms with van der Waals surface area (Å²) in [5, 5.41) is 3.78. The molecular weight excluding hydrogens is 524 g/mol. The summed E-state index contributed by atoms with van der Waals surface area (Å²) in [6.07, 6.45) is 8.71. The van der Waals surface area contributed by atoms with Crippen molar-refractivity contribution in [1.82, 2.24) is 24.8 Å². The highest BCUT2D eigenvalue weighted by Gasteiger charge is 2.14. The molecular formula is C32H23F2N5O2. The highest BCUT2D eigenvalue weighted by Crippen LogP contribution is 2.31. The Kier molecular flexibility index (Phi) is 6.91. The number of nitrogens with one attached hydrogen (secondary N) is 2. The van der Waals surface area contributed by atoms with Gasteiger partial charge in [0.2, 0.25) is 0 Å². The summed E-state index contributed by atoms with van der Waals surface area (Å²) in [6.45, 7) is 0.203. The number of fused-ring (bicyclic) bond motifs is 1. The topological polar surface area (TPSA) is 92.7 Å². The van der Waals surface area contributed by atoms with Crippen molar-refractivity contribution in [2.24, 2.45) is 0 Å². The molecule has 0 bridgehead atoms. The number of pyridine rings is 3. The summed E-state index contributed by atoms with van der Waals surface area (Å²) in [5.74, 6) is -2.49. The van der Waals surface area contributed by atoms with E-state index in [4.69, 9.17) is 0 Å². The molecule has 0 spiro atoms. The standard InChI is InChI=1S/C32H23F2N5O2/c33-28-7-6-21(14-29(28)34)19-39-12-2-5-25(32(39)41)31(40)38-16-20-3-1-4-23(13-20)27-18-37-30-26(27)15-24(17-36-30)22-8-10-35-11-9-22/h1-15,17-18H,16,19H2,(H,36,37)(H,38,40). The Morgan fingerprint density at radius 3 is 2.56 bits per heavy atom. The minimum Gasteiger partial charge on any atom is -0.348 e. The number of aromatic amines is 1. The number of hydrogen-bond donors (Lipinski definition) is 2. The van der Waals surface area contributed by atoms with Gasteiger partial charge >= 0.3 is 0 Å². The lowest BCUT2D eigenvalue weighted by molar-refractivity contribution is 0.0948. The number of hydrogen-bond acceptors (Lipinski definition) is 4. The second-order valence-corrected chi connectivity index (χ2v) is 9.54. The van der Waals surface area contributed by atoms with Crippen molar-refractivity contribution in [3.63, 3.8) is 0 Å². The van der Waals surface area contributed by atoms with Gasteiger partial charge in [0, 0.05) is 54.0 Å². The molecule has 0 aliphatic rings. The third kappa shape index (κ3) is 5.38. The van der Waals surface area contributed by atoms with Crippen LogP contribution in [0.15, 0.2) is 109 Å². The number of rotatable bonds is 7. The maximum absolute atomic E-state index is 13.6. The van der Waals surface area contributed by atoms with E-state index >= 15 is 0 Å². The number of H-pyrrole nitrogens is 1. The molecule has 7 nitrogen and oxygen atoms in total. The van der Waals surface area contributed by atoms with E-state index in [2.05, 4.69) is 26.3 Å². The molecule has 0 saturated heterocycles. The first-order valence-corrected chi connectivity index (χ1v) is 12.8. The van der Waals surface area contributed by atoms with Gasteiger partial charge in [-0.3, -0.25) is 14.6 Å². The smallest absolute Gasteiger partial charge is 0.263 e. The number of benzene rings is 2. The summed E-state index contributed by atoms with van der Waals surface area (Å²) in [4.78, 5) is 37.8. The van der Waals surface area contributed by atoms with Crippen molar-refractivity contribution < 1.29 is 13.6 Å². The average Bonchev–Trinajstić information content (AvgIpc) is 3.43. The van der Waals surface area contributed by atoms with E-state index in [1.165, 1.54) is 22.9 Å². The molecule has 0 radical (unpaired) electrons. The number of carbonyl (C=O) groups is 1. The first-order valence-electron chi connectivity index (χ1n) is 12.8. The highest BCUT2D eigenvalue weighted by molar-refractivity contribution is 5.96. The van der Waals surface area contributed by atoms with E-state index in [1.807, 2.05) is 48.8 Å². The lowest BCUT2D eigenvalue weighted by atomic mass is 10.0. The van der Waals surface area contributed by atoms with E-state index in [9.17, 15) is 18.4 Å². The van der Waals surface area contributed by atoms with Crippen LogP contribution in [0.25, 0.3) is 33.3 Å². The van der Waals surface area contributed by atoms with Crippen LogP contribution in [0.2, 0.25) is 0 Å². The predicted octanol–water partition coefficient (Wildman–Crippen LogP) is 5.71. The maximum atomic E-state index is 13.6. The number of carbonyl (C=O) groups excluding carboxylic acids is 1. The van der Waals surface area contributed by atoms with Gasteiger partial charge in [0.25, 0.3) is 11.5 Å². The molecule has 2 N–H and O–H groups in total. The van der Waals surface area contributed by atoms with Gasteiger partial charge in [-0.05, 0) is 70.8 Å². The van der Waals surface area contributed by atoms with Crippen LogP contribution in [0.5, 0.6) is 0 Å². The van der Waals surface area contributed by atoms with Crippen molar-refractivity contribution >= 4 is 16.9 Å². The molecule has 9 heteroatoms. The van der Waals surface area contributed by atoms with Gasteiger partial charge in [0.15, 0.2) is 11.6 Å². The Hall–Kier alpha value is -5.44. The molecule has 6 aromatic rings. The zero-order chi connectivity index (χ0) is 28.3. The molecule has 0 saturated carbocycles. The highest BCUT2D eigenvalue weighted by atomic mass is 19.2. The fourth-order valence-electron chi connectivity index (χ4n) is 4.74. The fourth-order valence-corrected chi connectivity index (χ4v) is 4.74. The van der Waals surface area contributed by atoms with Gasteiger partial charge in [-0.1, -0.05) is 24.3 Å². The van der Waals surface area contributed by atoms with Crippen LogP contribution < -0.4 is 10.9 Å². The summed E-state index contributed by atoms with van der Waals surface area (Å²) < 4.78 is 28.1. The van der Waals surface area contributed by atoms with Gasteiger partial charge in [-0.2, -0.15) is 0 Å². The predicted molar refractivity (Wildman–Crippen MR) is 152 cm³/mol. The molecule has 1 amide bonds. The van der Waals surface area contributed by atoms with Gasteiger partial charge in [0.05, 0.1) is 6.54 Å². The lowest BCUT2D eigenvalue weighted by Crippen LogP contribution is -2.32. The SMILES string of the molecule is O=C(NCc1cccc(-c2c[nH]c3ncc(-c4ccncc4)cc23)c1)c1cccn(Cc2ccc(F)c(F)c2)c1=O. The molecule has 4 aromatic heterocycles. The molecule has 202 valence electrons. The molecule has 6 rings (SSSR count). The minimum atomic E-state index is -0.996. The van der Waals surface area contributed by atoms with Crippen molar-refractivity contribution in [2.75, 3.05) is 0 Å². The van der Waals surface area contributed by atoms with Crippen molar-refractivity contribution in [3.05, 3.63) is 142 Å². The third-order valence-electron chi connectivity index (χ3n) is 6.84. The van der Waals surface area contributed by atoms with Crippen LogP contribution in [0, 0.1) is 11.6 Å². The third-order valence-corrected chi connectivity index (χ3v) is 6.84. The molecule has 0 unspecified atom stereocenters. The van der Waals surface area contributed by atoms with Crippen molar-refractivity contribution in [2.45, 2.75) is 13.1 Å². The van der Waals surface area contributed by atoms with Crippen molar-refractivity contribution in [3.8, 4) is 22.3 Å². The first kappa shape index (κ1) is 25.8. The summed E-state index contributed by atoms with van der Waals surface area (Å²) in [7, 11) is 0. The largest absolute Gasteiger partial charge is 0.348 e. The molecule has 0 aliphatic carbocycles. The van der Waals surface area contributed by atoms with E-state index in [0.717, 1.165) is 51.0 Å². The van der Waals surface area contributed by atoms with Crippen LogP contribution in [0.4, 0.5) is 8.78 Å². The van der Waals surface area contributed by atoms with Gasteiger partial charge < -0.3 is 14.9 Å². The van der Waals surface area contributed by atoms with E-state index < -0.39 is 23.1 Å². The van der Waals surface area contributed by atoms with E-state index in [0.29, 0.717) is 5.56 Å². The lowest BCUT2D eigenvalue weighted by Gasteiger charge is -2.10. The van der Waals surface area contributed by atoms with Crippen LogP contribution in [-0.4, -0.2) is 25.4 Å².